The predicted molar refractivity (Wildman–Crippen MR) is 105 cm³/mol. The summed E-state index contributed by atoms with van der Waals surface area (Å²) >= 11 is 0. The number of hydrogen-bond donors (Lipinski definition) is 0. The van der Waals surface area contributed by atoms with Crippen LogP contribution in [0.15, 0.2) is 85.1 Å². The molecule has 0 radical (unpaired) electrons. The minimum Gasteiger partial charge on any atom is -0.255 e. The average Bonchev–Trinajstić information content (AvgIpc) is 2.66. The first-order valence-corrected chi connectivity index (χ1v) is 8.53. The Hall–Kier alpha value is -3.00. The Labute approximate surface area is 149 Å². The smallest absolute Gasteiger partial charge is 0.0895 e. The van der Waals surface area contributed by atoms with Gasteiger partial charge < -0.3 is 0 Å². The summed E-state index contributed by atoms with van der Waals surface area (Å²) in [5.41, 5.74) is 6.48. The van der Waals surface area contributed by atoms with E-state index in [1.54, 1.807) is 6.20 Å². The van der Waals surface area contributed by atoms with Crippen LogP contribution >= 0.6 is 0 Å². The second-order valence-electron chi connectivity index (χ2n) is 5.97. The van der Waals surface area contributed by atoms with E-state index in [1.165, 1.54) is 16.7 Å². The summed E-state index contributed by atoms with van der Waals surface area (Å²) in [6, 6.07) is 18.8. The van der Waals surface area contributed by atoms with Crippen molar-refractivity contribution < 1.29 is 0 Å². The Morgan fingerprint density at radius 2 is 1.72 bits per heavy atom. The Morgan fingerprint density at radius 1 is 0.880 bits per heavy atom. The summed E-state index contributed by atoms with van der Waals surface area (Å²) in [5.74, 6) is 0. The van der Waals surface area contributed by atoms with Gasteiger partial charge >= 0.3 is 0 Å². The summed E-state index contributed by atoms with van der Waals surface area (Å²) in [4.78, 5) is 9.26. The summed E-state index contributed by atoms with van der Waals surface area (Å²) in [5, 5.41) is 0. The molecule has 0 aliphatic carbocycles. The van der Waals surface area contributed by atoms with Gasteiger partial charge in [0.1, 0.15) is 0 Å². The van der Waals surface area contributed by atoms with E-state index >= 15 is 0 Å². The largest absolute Gasteiger partial charge is 0.255 e. The molecule has 2 nitrogen and oxygen atoms in total. The molecular weight excluding hydrogens is 304 g/mol. The van der Waals surface area contributed by atoms with Gasteiger partial charge in [0, 0.05) is 18.3 Å². The van der Waals surface area contributed by atoms with Gasteiger partial charge in [0.25, 0.3) is 0 Å². The molecule has 1 aromatic carbocycles. The van der Waals surface area contributed by atoms with Crippen LogP contribution < -0.4 is 0 Å². The van der Waals surface area contributed by atoms with Gasteiger partial charge in [-0.25, -0.2) is 0 Å². The second-order valence-corrected chi connectivity index (χ2v) is 5.97. The molecule has 0 saturated heterocycles. The molecule has 0 fully saturated rings. The first kappa shape index (κ1) is 16.8. The fourth-order valence-corrected chi connectivity index (χ4v) is 2.63. The molecule has 0 amide bonds. The van der Waals surface area contributed by atoms with E-state index in [-0.39, 0.29) is 0 Å². The van der Waals surface area contributed by atoms with Gasteiger partial charge in [-0.05, 0) is 49.2 Å². The van der Waals surface area contributed by atoms with Crippen LogP contribution in [-0.4, -0.2) is 9.97 Å². The summed E-state index contributed by atoms with van der Waals surface area (Å²) in [7, 11) is 0. The van der Waals surface area contributed by atoms with Crippen molar-refractivity contribution in [3.8, 4) is 22.5 Å². The van der Waals surface area contributed by atoms with Gasteiger partial charge in [0.15, 0.2) is 0 Å². The second kappa shape index (κ2) is 8.20. The van der Waals surface area contributed by atoms with Crippen molar-refractivity contribution in [2.75, 3.05) is 0 Å². The van der Waals surface area contributed by atoms with Crippen LogP contribution in [-0.2, 0) is 6.42 Å². The molecule has 0 bridgehead atoms. The lowest BCUT2D eigenvalue weighted by molar-refractivity contribution is 1.10. The Kier molecular flexibility index (Phi) is 5.53. The molecule has 0 unspecified atom stereocenters. The number of rotatable bonds is 5. The number of aryl methyl sites for hydroxylation is 1. The van der Waals surface area contributed by atoms with Gasteiger partial charge in [0.2, 0.25) is 0 Å². The first-order chi connectivity index (χ1) is 12.3. The third-order valence-corrected chi connectivity index (χ3v) is 3.96. The lowest BCUT2D eigenvalue weighted by Gasteiger charge is -2.09. The van der Waals surface area contributed by atoms with Gasteiger partial charge in [0.05, 0.1) is 11.4 Å². The zero-order valence-corrected chi connectivity index (χ0v) is 14.7. The van der Waals surface area contributed by atoms with E-state index in [2.05, 4.69) is 60.5 Å². The van der Waals surface area contributed by atoms with Crippen molar-refractivity contribution in [3.05, 3.63) is 96.4 Å². The highest BCUT2D eigenvalue weighted by Gasteiger charge is 2.07. The molecule has 0 N–H and O–H groups in total. The van der Waals surface area contributed by atoms with Crippen LogP contribution in [0.25, 0.3) is 22.5 Å². The molecular formula is C23H22N2. The highest BCUT2D eigenvalue weighted by molar-refractivity contribution is 5.70. The van der Waals surface area contributed by atoms with E-state index in [9.17, 15) is 0 Å². The standard InChI is InChI=1S/C23H22N2/c1-3-4-5-6-9-21-16-20(19-13-11-18(2)12-14-19)17-23(25-21)22-10-7-8-15-24-22/h3-8,10-17H,9H2,1-2H3/b4-3-,6-5-. The maximum absolute atomic E-state index is 4.81. The Bertz CT molecular complexity index is 876. The van der Waals surface area contributed by atoms with Crippen LogP contribution in [0.1, 0.15) is 18.2 Å². The minimum absolute atomic E-state index is 0.796. The number of pyridine rings is 2. The third-order valence-electron chi connectivity index (χ3n) is 3.96. The molecule has 2 aromatic heterocycles. The van der Waals surface area contributed by atoms with Crippen LogP contribution in [0.4, 0.5) is 0 Å². The van der Waals surface area contributed by atoms with E-state index in [0.29, 0.717) is 0 Å². The zero-order chi connectivity index (χ0) is 17.5. The fourth-order valence-electron chi connectivity index (χ4n) is 2.63. The summed E-state index contributed by atoms with van der Waals surface area (Å²) < 4.78 is 0. The van der Waals surface area contributed by atoms with Crippen LogP contribution in [0.3, 0.4) is 0 Å². The van der Waals surface area contributed by atoms with Crippen LogP contribution in [0.5, 0.6) is 0 Å². The normalized spacial score (nSPS) is 11.4. The van der Waals surface area contributed by atoms with Gasteiger partial charge in [-0.15, -0.1) is 0 Å². The van der Waals surface area contributed by atoms with E-state index < -0.39 is 0 Å². The predicted octanol–water partition coefficient (Wildman–Crippen LogP) is 5.79. The highest BCUT2D eigenvalue weighted by Crippen LogP contribution is 2.25. The molecule has 3 aromatic rings. The average molecular weight is 326 g/mol. The van der Waals surface area contributed by atoms with Gasteiger partial charge in [-0.1, -0.05) is 60.2 Å². The molecule has 124 valence electrons. The monoisotopic (exact) mass is 326 g/mol. The van der Waals surface area contributed by atoms with E-state index in [1.807, 2.05) is 37.3 Å². The topological polar surface area (TPSA) is 25.8 Å². The lowest BCUT2D eigenvalue weighted by Crippen LogP contribution is -1.95. The van der Waals surface area contributed by atoms with Crippen LogP contribution in [0, 0.1) is 6.92 Å². The lowest BCUT2D eigenvalue weighted by atomic mass is 10.0. The molecule has 3 rings (SSSR count). The number of nitrogens with zero attached hydrogens (tertiary/aromatic N) is 2. The molecule has 0 atom stereocenters. The maximum atomic E-state index is 4.81. The van der Waals surface area contributed by atoms with E-state index in [0.717, 1.165) is 23.5 Å². The van der Waals surface area contributed by atoms with Crippen LogP contribution in [0.2, 0.25) is 0 Å². The molecule has 0 aliphatic heterocycles. The Morgan fingerprint density at radius 3 is 2.44 bits per heavy atom. The number of hydrogen-bond acceptors (Lipinski definition) is 2. The summed E-state index contributed by atoms with van der Waals surface area (Å²) in [6.45, 7) is 4.12. The third kappa shape index (κ3) is 4.51. The fraction of sp³-hybridized carbons (Fsp3) is 0.130. The van der Waals surface area contributed by atoms with Crippen molar-refractivity contribution in [1.29, 1.82) is 0 Å². The first-order valence-electron chi connectivity index (χ1n) is 8.53. The Balaban J connectivity index is 2.03. The number of aromatic nitrogens is 2. The van der Waals surface area contributed by atoms with E-state index in [4.69, 9.17) is 4.98 Å². The summed E-state index contributed by atoms with van der Waals surface area (Å²) in [6.07, 6.45) is 10.8. The molecule has 25 heavy (non-hydrogen) atoms. The van der Waals surface area contributed by atoms with Crippen molar-refractivity contribution in [2.24, 2.45) is 0 Å². The number of benzene rings is 1. The van der Waals surface area contributed by atoms with Crippen molar-refractivity contribution in [2.45, 2.75) is 20.3 Å². The molecule has 2 heteroatoms. The highest BCUT2D eigenvalue weighted by atomic mass is 14.8. The molecule has 2 heterocycles. The molecule has 0 aliphatic rings. The number of allylic oxidation sites excluding steroid dienone is 4. The zero-order valence-electron chi connectivity index (χ0n) is 14.7. The van der Waals surface area contributed by atoms with Crippen molar-refractivity contribution >= 4 is 0 Å². The molecule has 0 spiro atoms. The van der Waals surface area contributed by atoms with Crippen molar-refractivity contribution in [1.82, 2.24) is 9.97 Å². The minimum atomic E-state index is 0.796. The SMILES string of the molecule is C/C=C\C=C/Cc1cc(-c2ccc(C)cc2)cc(-c2ccccn2)n1. The molecule has 0 saturated carbocycles. The van der Waals surface area contributed by atoms with Gasteiger partial charge in [-0.2, -0.15) is 0 Å². The van der Waals surface area contributed by atoms with Crippen molar-refractivity contribution in [3.63, 3.8) is 0 Å². The maximum Gasteiger partial charge on any atom is 0.0895 e. The quantitative estimate of drug-likeness (QED) is 0.554. The van der Waals surface area contributed by atoms with Gasteiger partial charge in [-0.3, -0.25) is 9.97 Å².